The van der Waals surface area contributed by atoms with Crippen LogP contribution in [0.2, 0.25) is 0 Å². The Balaban J connectivity index is 2.39. The number of hydrogen-bond acceptors (Lipinski definition) is 3. The fourth-order valence-electron chi connectivity index (χ4n) is 1.45. The maximum atomic E-state index is 11.3. The van der Waals surface area contributed by atoms with Gasteiger partial charge in [0.1, 0.15) is 0 Å². The Morgan fingerprint density at radius 3 is 2.41 bits per heavy atom. The van der Waals surface area contributed by atoms with Crippen LogP contribution in [0.4, 0.5) is 0 Å². The number of rotatable bonds is 2. The average Bonchev–Trinajstić information content (AvgIpc) is 2.29. The molecule has 0 unspecified atom stereocenters. The number of hydrogen-bond donors (Lipinski definition) is 0. The molecule has 0 amide bonds. The Kier molecular flexibility index (Phi) is 2.98. The number of nitrogens with zero attached hydrogens (tertiary/aromatic N) is 1. The van der Waals surface area contributed by atoms with Crippen molar-refractivity contribution in [2.45, 2.75) is 11.8 Å². The van der Waals surface area contributed by atoms with E-state index in [1.165, 1.54) is 12.3 Å². The van der Waals surface area contributed by atoms with Gasteiger partial charge in [-0.15, -0.1) is 0 Å². The summed E-state index contributed by atoms with van der Waals surface area (Å²) in [6.07, 6.45) is 2.94. The average molecular weight is 246 g/mol. The standard InChI is InChI=1S/C13H12NO2S/c1-10-3-4-12(9-14-10)11-5-7-13(8-6-11)17(2,15)16/h3-5,7-9H,1-2H3. The van der Waals surface area contributed by atoms with Gasteiger partial charge in [0.05, 0.1) is 4.90 Å². The molecule has 1 heterocycles. The highest BCUT2D eigenvalue weighted by Crippen LogP contribution is 2.20. The van der Waals surface area contributed by atoms with E-state index in [4.69, 9.17) is 0 Å². The molecule has 0 saturated heterocycles. The quantitative estimate of drug-likeness (QED) is 0.816. The summed E-state index contributed by atoms with van der Waals surface area (Å²) in [6, 6.07) is 11.6. The topological polar surface area (TPSA) is 47.0 Å². The molecule has 4 heteroatoms. The van der Waals surface area contributed by atoms with Crippen LogP contribution in [0.1, 0.15) is 5.69 Å². The van der Waals surface area contributed by atoms with Crippen molar-refractivity contribution in [3.05, 3.63) is 48.3 Å². The first kappa shape index (κ1) is 11.8. The van der Waals surface area contributed by atoms with E-state index in [1.807, 2.05) is 19.1 Å². The van der Waals surface area contributed by atoms with Gasteiger partial charge in [0.15, 0.2) is 9.84 Å². The second-order valence-corrected chi connectivity index (χ2v) is 5.91. The predicted octanol–water partition coefficient (Wildman–Crippen LogP) is 2.26. The largest absolute Gasteiger partial charge is 0.261 e. The lowest BCUT2D eigenvalue weighted by atomic mass is 10.1. The molecule has 1 aromatic carbocycles. The minimum absolute atomic E-state index is 0.279. The van der Waals surface area contributed by atoms with Crippen molar-refractivity contribution in [1.29, 1.82) is 0 Å². The van der Waals surface area contributed by atoms with Crippen molar-refractivity contribution in [1.82, 2.24) is 4.98 Å². The maximum absolute atomic E-state index is 11.3. The SMILES string of the molecule is Cc1ccc(-c2[c]cc(S(C)(=O)=O)cc2)cn1. The first-order chi connectivity index (χ1) is 7.97. The summed E-state index contributed by atoms with van der Waals surface area (Å²) in [5, 5.41) is 0. The molecular weight excluding hydrogens is 234 g/mol. The molecule has 0 aliphatic heterocycles. The molecule has 2 rings (SSSR count). The molecule has 3 nitrogen and oxygen atoms in total. The van der Waals surface area contributed by atoms with Crippen LogP contribution in [0.15, 0.2) is 41.4 Å². The molecule has 0 aliphatic carbocycles. The number of benzene rings is 1. The van der Waals surface area contributed by atoms with Crippen molar-refractivity contribution >= 4 is 9.84 Å². The van der Waals surface area contributed by atoms with E-state index >= 15 is 0 Å². The molecule has 0 aliphatic rings. The fraction of sp³-hybridized carbons (Fsp3) is 0.154. The third-order valence-corrected chi connectivity index (χ3v) is 3.54. The minimum atomic E-state index is -3.16. The second kappa shape index (κ2) is 4.30. The zero-order valence-corrected chi connectivity index (χ0v) is 10.5. The Morgan fingerprint density at radius 2 is 1.94 bits per heavy atom. The zero-order chi connectivity index (χ0) is 12.5. The van der Waals surface area contributed by atoms with E-state index in [1.54, 1.807) is 18.3 Å². The van der Waals surface area contributed by atoms with E-state index in [0.29, 0.717) is 0 Å². The number of pyridine rings is 1. The molecular formula is C13H12NO2S. The van der Waals surface area contributed by atoms with Crippen molar-refractivity contribution < 1.29 is 8.42 Å². The van der Waals surface area contributed by atoms with E-state index < -0.39 is 9.84 Å². The molecule has 1 radical (unpaired) electrons. The lowest BCUT2D eigenvalue weighted by molar-refractivity contribution is 0.602. The molecule has 0 fully saturated rings. The first-order valence-electron chi connectivity index (χ1n) is 5.11. The molecule has 17 heavy (non-hydrogen) atoms. The van der Waals surface area contributed by atoms with Gasteiger partial charge in [-0.05, 0) is 36.8 Å². The summed E-state index contributed by atoms with van der Waals surface area (Å²) in [7, 11) is -3.16. The van der Waals surface area contributed by atoms with Gasteiger partial charge in [-0.2, -0.15) is 0 Å². The molecule has 0 N–H and O–H groups in total. The molecule has 0 saturated carbocycles. The van der Waals surface area contributed by atoms with Crippen molar-refractivity contribution in [2.75, 3.05) is 6.26 Å². The third kappa shape index (κ3) is 2.71. The van der Waals surface area contributed by atoms with Crippen molar-refractivity contribution in [3.8, 4) is 11.1 Å². The van der Waals surface area contributed by atoms with Gasteiger partial charge < -0.3 is 0 Å². The van der Waals surface area contributed by atoms with Gasteiger partial charge in [-0.3, -0.25) is 4.98 Å². The Labute approximate surface area is 101 Å². The highest BCUT2D eigenvalue weighted by molar-refractivity contribution is 7.90. The molecule has 0 atom stereocenters. The monoisotopic (exact) mass is 246 g/mol. The van der Waals surface area contributed by atoms with E-state index in [-0.39, 0.29) is 4.90 Å². The van der Waals surface area contributed by atoms with Crippen LogP contribution in [-0.2, 0) is 9.84 Å². The summed E-state index contributed by atoms with van der Waals surface area (Å²) in [4.78, 5) is 4.47. The van der Waals surface area contributed by atoms with Crippen LogP contribution in [0.5, 0.6) is 0 Å². The van der Waals surface area contributed by atoms with Gasteiger partial charge in [0, 0.05) is 23.7 Å². The minimum Gasteiger partial charge on any atom is -0.261 e. The predicted molar refractivity (Wildman–Crippen MR) is 66.4 cm³/mol. The summed E-state index contributed by atoms with van der Waals surface area (Å²) in [6.45, 7) is 1.92. The van der Waals surface area contributed by atoms with Gasteiger partial charge in [-0.1, -0.05) is 12.1 Å². The number of aryl methyl sites for hydroxylation is 1. The molecule has 87 valence electrons. The molecule has 2 aromatic rings. The lowest BCUT2D eigenvalue weighted by Gasteiger charge is -2.02. The first-order valence-corrected chi connectivity index (χ1v) is 7.01. The van der Waals surface area contributed by atoms with Gasteiger partial charge in [-0.25, -0.2) is 8.42 Å². The van der Waals surface area contributed by atoms with Crippen LogP contribution in [0.25, 0.3) is 11.1 Å². The summed E-state index contributed by atoms with van der Waals surface area (Å²) in [5.74, 6) is 0. The van der Waals surface area contributed by atoms with E-state index in [9.17, 15) is 8.42 Å². The highest BCUT2D eigenvalue weighted by Gasteiger charge is 2.07. The second-order valence-electron chi connectivity index (χ2n) is 3.90. The van der Waals surface area contributed by atoms with Crippen LogP contribution < -0.4 is 0 Å². The lowest BCUT2D eigenvalue weighted by Crippen LogP contribution is -1.96. The fourth-order valence-corrected chi connectivity index (χ4v) is 2.04. The zero-order valence-electron chi connectivity index (χ0n) is 9.64. The van der Waals surface area contributed by atoms with Gasteiger partial charge in [0.2, 0.25) is 0 Å². The van der Waals surface area contributed by atoms with Crippen LogP contribution >= 0.6 is 0 Å². The summed E-state index contributed by atoms with van der Waals surface area (Å²) < 4.78 is 22.6. The normalized spacial score (nSPS) is 11.4. The van der Waals surface area contributed by atoms with Crippen molar-refractivity contribution in [2.24, 2.45) is 0 Å². The Hall–Kier alpha value is -1.68. The van der Waals surface area contributed by atoms with E-state index in [2.05, 4.69) is 11.1 Å². The molecule has 0 bridgehead atoms. The van der Waals surface area contributed by atoms with Crippen LogP contribution in [0, 0.1) is 13.0 Å². The Morgan fingerprint density at radius 1 is 1.18 bits per heavy atom. The maximum Gasteiger partial charge on any atom is 0.175 e. The van der Waals surface area contributed by atoms with Gasteiger partial charge in [0.25, 0.3) is 0 Å². The van der Waals surface area contributed by atoms with Crippen LogP contribution in [-0.4, -0.2) is 19.7 Å². The number of sulfone groups is 1. The highest BCUT2D eigenvalue weighted by atomic mass is 32.2. The van der Waals surface area contributed by atoms with Crippen molar-refractivity contribution in [3.63, 3.8) is 0 Å². The third-order valence-electron chi connectivity index (χ3n) is 2.43. The van der Waals surface area contributed by atoms with Crippen LogP contribution in [0.3, 0.4) is 0 Å². The summed E-state index contributed by atoms with van der Waals surface area (Å²) in [5.41, 5.74) is 2.71. The number of aromatic nitrogens is 1. The Bertz CT molecular complexity index is 613. The summed E-state index contributed by atoms with van der Waals surface area (Å²) >= 11 is 0. The molecule has 1 aromatic heterocycles. The smallest absolute Gasteiger partial charge is 0.175 e. The van der Waals surface area contributed by atoms with Gasteiger partial charge >= 0.3 is 0 Å². The van der Waals surface area contributed by atoms with E-state index in [0.717, 1.165) is 16.8 Å². The molecule has 0 spiro atoms.